The van der Waals surface area contributed by atoms with Crippen molar-refractivity contribution < 1.29 is 27.2 Å². The standard InChI is InChI=1S/C11H8F3N3O3S/c12-11(13,14)10(15-7(18)6-2-1-4-20-6)8(19)17-3-5-21-9(17)16-10/h1-2,4H,3,5H2,(H,15,18)/t10-/m1/s1. The molecule has 112 valence electrons. The summed E-state index contributed by atoms with van der Waals surface area (Å²) < 4.78 is 44.8. The highest BCUT2D eigenvalue weighted by Gasteiger charge is 2.67. The number of hydrogen-bond acceptors (Lipinski definition) is 5. The van der Waals surface area contributed by atoms with E-state index in [-0.39, 0.29) is 17.5 Å². The predicted octanol–water partition coefficient (Wildman–Crippen LogP) is 1.21. The molecule has 3 rings (SSSR count). The number of amides is 2. The van der Waals surface area contributed by atoms with Gasteiger partial charge in [0.25, 0.3) is 11.8 Å². The van der Waals surface area contributed by atoms with Crippen molar-refractivity contribution in [1.29, 1.82) is 0 Å². The van der Waals surface area contributed by atoms with Gasteiger partial charge in [-0.2, -0.15) is 13.2 Å². The fourth-order valence-corrected chi connectivity index (χ4v) is 3.03. The van der Waals surface area contributed by atoms with Crippen molar-refractivity contribution >= 4 is 28.7 Å². The van der Waals surface area contributed by atoms with Gasteiger partial charge in [0.15, 0.2) is 10.9 Å². The van der Waals surface area contributed by atoms with Crippen LogP contribution in [0.25, 0.3) is 0 Å². The molecule has 1 fully saturated rings. The summed E-state index contributed by atoms with van der Waals surface area (Å²) in [7, 11) is 0. The molecular formula is C11H8F3N3O3S. The van der Waals surface area contributed by atoms with Gasteiger partial charge in [0, 0.05) is 12.3 Å². The molecule has 3 heterocycles. The number of carbonyl (C=O) groups excluding carboxylic acids is 2. The van der Waals surface area contributed by atoms with E-state index in [1.54, 1.807) is 5.32 Å². The lowest BCUT2D eigenvalue weighted by molar-refractivity contribution is -0.196. The van der Waals surface area contributed by atoms with E-state index in [2.05, 4.69) is 4.99 Å². The summed E-state index contributed by atoms with van der Waals surface area (Å²) in [6, 6.07) is 2.55. The Morgan fingerprint density at radius 3 is 2.86 bits per heavy atom. The van der Waals surface area contributed by atoms with Crippen LogP contribution in [0.2, 0.25) is 0 Å². The molecule has 21 heavy (non-hydrogen) atoms. The van der Waals surface area contributed by atoms with Gasteiger partial charge in [0.1, 0.15) is 0 Å². The summed E-state index contributed by atoms with van der Waals surface area (Å²) in [5.74, 6) is -2.30. The molecule has 0 aromatic carbocycles. The van der Waals surface area contributed by atoms with Crippen molar-refractivity contribution in [3.63, 3.8) is 0 Å². The Kier molecular flexibility index (Phi) is 3.01. The summed E-state index contributed by atoms with van der Waals surface area (Å²) in [4.78, 5) is 28.3. The lowest BCUT2D eigenvalue weighted by Gasteiger charge is -2.28. The Bertz CT molecular complexity index is 628. The van der Waals surface area contributed by atoms with E-state index in [1.807, 2.05) is 0 Å². The third kappa shape index (κ3) is 2.01. The van der Waals surface area contributed by atoms with Crippen LogP contribution in [0, 0.1) is 0 Å². The van der Waals surface area contributed by atoms with Crippen molar-refractivity contribution in [2.24, 2.45) is 4.99 Å². The first-order valence-corrected chi connectivity index (χ1v) is 6.81. The number of thioether (sulfide) groups is 1. The zero-order valence-electron chi connectivity index (χ0n) is 10.3. The van der Waals surface area contributed by atoms with Gasteiger partial charge in [-0.1, -0.05) is 11.8 Å². The molecule has 6 nitrogen and oxygen atoms in total. The molecule has 10 heteroatoms. The van der Waals surface area contributed by atoms with Gasteiger partial charge in [-0.25, -0.2) is 4.99 Å². The largest absolute Gasteiger partial charge is 0.459 e. The number of hydrogen-bond donors (Lipinski definition) is 1. The van der Waals surface area contributed by atoms with Crippen LogP contribution in [0.3, 0.4) is 0 Å². The van der Waals surface area contributed by atoms with E-state index in [0.717, 1.165) is 22.9 Å². The number of alkyl halides is 3. The highest BCUT2D eigenvalue weighted by Crippen LogP contribution is 2.40. The van der Waals surface area contributed by atoms with Crippen molar-refractivity contribution in [2.75, 3.05) is 12.3 Å². The molecular weight excluding hydrogens is 311 g/mol. The van der Waals surface area contributed by atoms with Crippen LogP contribution >= 0.6 is 11.8 Å². The number of carbonyl (C=O) groups is 2. The number of rotatable bonds is 2. The smallest absolute Gasteiger partial charge is 0.442 e. The maximum absolute atomic E-state index is 13.4. The fraction of sp³-hybridized carbons (Fsp3) is 0.364. The Morgan fingerprint density at radius 2 is 2.29 bits per heavy atom. The van der Waals surface area contributed by atoms with Gasteiger partial charge < -0.3 is 9.73 Å². The zero-order valence-corrected chi connectivity index (χ0v) is 11.1. The molecule has 1 aromatic heterocycles. The molecule has 0 unspecified atom stereocenters. The van der Waals surface area contributed by atoms with Gasteiger partial charge in [0.2, 0.25) is 0 Å². The van der Waals surface area contributed by atoms with Crippen molar-refractivity contribution in [1.82, 2.24) is 10.2 Å². The van der Waals surface area contributed by atoms with Gasteiger partial charge >= 0.3 is 11.8 Å². The fourth-order valence-electron chi connectivity index (χ4n) is 2.04. The third-order valence-corrected chi connectivity index (χ3v) is 4.00. The van der Waals surface area contributed by atoms with E-state index in [1.165, 1.54) is 12.1 Å². The molecule has 1 saturated heterocycles. The molecule has 0 spiro atoms. The summed E-state index contributed by atoms with van der Waals surface area (Å²) >= 11 is 1.04. The summed E-state index contributed by atoms with van der Waals surface area (Å²) in [6.45, 7) is 0.136. The number of nitrogens with zero attached hydrogens (tertiary/aromatic N) is 2. The molecule has 2 aliphatic heterocycles. The second kappa shape index (κ2) is 4.52. The quantitative estimate of drug-likeness (QED) is 0.889. The number of fused-ring (bicyclic) bond motifs is 1. The van der Waals surface area contributed by atoms with E-state index in [0.29, 0.717) is 5.75 Å². The Morgan fingerprint density at radius 1 is 1.52 bits per heavy atom. The molecule has 0 bridgehead atoms. The maximum atomic E-state index is 13.4. The highest BCUT2D eigenvalue weighted by atomic mass is 32.2. The Hall–Kier alpha value is -1.97. The number of aliphatic imine (C=N–C) groups is 1. The van der Waals surface area contributed by atoms with E-state index >= 15 is 0 Å². The van der Waals surface area contributed by atoms with Crippen LogP contribution in [-0.4, -0.2) is 46.0 Å². The third-order valence-electron chi connectivity index (χ3n) is 3.04. The number of amidine groups is 1. The molecule has 0 aliphatic carbocycles. The zero-order chi connectivity index (χ0) is 15.3. The SMILES string of the molecule is O=C(N[C@@]1(C(F)(F)F)N=C2SCCN2C1=O)c1ccco1. The summed E-state index contributed by atoms with van der Waals surface area (Å²) in [5, 5.41) is 1.63. The molecule has 1 aromatic rings. The summed E-state index contributed by atoms with van der Waals surface area (Å²) in [6.07, 6.45) is -3.91. The monoisotopic (exact) mass is 319 g/mol. The van der Waals surface area contributed by atoms with E-state index in [9.17, 15) is 22.8 Å². The molecule has 0 saturated carbocycles. The Balaban J connectivity index is 1.98. The van der Waals surface area contributed by atoms with Crippen molar-refractivity contribution in [2.45, 2.75) is 11.8 Å². The molecule has 2 amide bonds. The van der Waals surface area contributed by atoms with Crippen molar-refractivity contribution in [3.8, 4) is 0 Å². The first kappa shape index (κ1) is 14.0. The average molecular weight is 319 g/mol. The van der Waals surface area contributed by atoms with Gasteiger partial charge in [0.05, 0.1) is 6.26 Å². The second-order valence-corrected chi connectivity index (χ2v) is 5.40. The van der Waals surface area contributed by atoms with Crippen LogP contribution in [0.5, 0.6) is 0 Å². The first-order chi connectivity index (χ1) is 9.85. The Labute approximate surface area is 120 Å². The average Bonchev–Trinajstić information content (AvgIpc) is 3.08. The lowest BCUT2D eigenvalue weighted by atomic mass is 10.1. The molecule has 2 aliphatic rings. The minimum atomic E-state index is -5.05. The van der Waals surface area contributed by atoms with Crippen LogP contribution in [-0.2, 0) is 4.79 Å². The van der Waals surface area contributed by atoms with Crippen LogP contribution in [0.4, 0.5) is 13.2 Å². The van der Waals surface area contributed by atoms with Gasteiger partial charge in [-0.15, -0.1) is 0 Å². The van der Waals surface area contributed by atoms with Gasteiger partial charge in [-0.3, -0.25) is 14.5 Å². The van der Waals surface area contributed by atoms with Crippen LogP contribution in [0.1, 0.15) is 10.6 Å². The molecule has 1 atom stereocenters. The topological polar surface area (TPSA) is 74.9 Å². The highest BCUT2D eigenvalue weighted by molar-refractivity contribution is 8.14. The predicted molar refractivity (Wildman–Crippen MR) is 66.6 cm³/mol. The molecule has 0 radical (unpaired) electrons. The minimum absolute atomic E-state index is 0.0305. The van der Waals surface area contributed by atoms with Crippen LogP contribution in [0.15, 0.2) is 27.8 Å². The van der Waals surface area contributed by atoms with Crippen LogP contribution < -0.4 is 5.32 Å². The number of furan rings is 1. The van der Waals surface area contributed by atoms with Crippen molar-refractivity contribution in [3.05, 3.63) is 24.2 Å². The minimum Gasteiger partial charge on any atom is -0.459 e. The van der Waals surface area contributed by atoms with E-state index < -0.39 is 23.7 Å². The molecule has 1 N–H and O–H groups in total. The number of nitrogens with one attached hydrogen (secondary N) is 1. The maximum Gasteiger partial charge on any atom is 0.442 e. The lowest BCUT2D eigenvalue weighted by Crippen LogP contribution is -2.63. The normalized spacial score (nSPS) is 25.0. The first-order valence-electron chi connectivity index (χ1n) is 5.82. The second-order valence-electron chi connectivity index (χ2n) is 4.34. The number of halogens is 3. The van der Waals surface area contributed by atoms with E-state index in [4.69, 9.17) is 4.42 Å². The summed E-state index contributed by atoms with van der Waals surface area (Å²) in [5.41, 5.74) is -3.28. The van der Waals surface area contributed by atoms with Gasteiger partial charge in [-0.05, 0) is 12.1 Å².